The molecule has 0 radical (unpaired) electrons. The van der Waals surface area contributed by atoms with Crippen LogP contribution in [-0.4, -0.2) is 18.2 Å². The van der Waals surface area contributed by atoms with E-state index in [0.29, 0.717) is 12.8 Å². The first-order chi connectivity index (χ1) is 10.2. The predicted octanol–water partition coefficient (Wildman–Crippen LogP) is 4.65. The maximum atomic E-state index is 13.4. The van der Waals surface area contributed by atoms with Crippen molar-refractivity contribution in [3.05, 3.63) is 28.3 Å². The Labute approximate surface area is 131 Å². The van der Waals surface area contributed by atoms with Crippen LogP contribution in [0.5, 0.6) is 5.75 Å². The van der Waals surface area contributed by atoms with Gasteiger partial charge in [-0.3, -0.25) is 4.79 Å². The zero-order valence-corrected chi connectivity index (χ0v) is 12.7. The number of aliphatic carboxylic acids is 1. The Balaban J connectivity index is 2.71. The third kappa shape index (κ3) is 2.89. The van der Waals surface area contributed by atoms with Gasteiger partial charge in [0.25, 0.3) is 0 Å². The summed E-state index contributed by atoms with van der Waals surface area (Å²) in [7, 11) is 1.22. The number of halogens is 4. The van der Waals surface area contributed by atoms with E-state index >= 15 is 0 Å². The van der Waals surface area contributed by atoms with Crippen molar-refractivity contribution < 1.29 is 27.8 Å². The molecule has 0 heterocycles. The highest BCUT2D eigenvalue weighted by molar-refractivity contribution is 6.32. The van der Waals surface area contributed by atoms with Gasteiger partial charge in [-0.15, -0.1) is 0 Å². The first kappa shape index (κ1) is 16.9. The van der Waals surface area contributed by atoms with Gasteiger partial charge in [0.05, 0.1) is 23.1 Å². The van der Waals surface area contributed by atoms with Crippen LogP contribution in [-0.2, 0) is 16.4 Å². The van der Waals surface area contributed by atoms with Crippen molar-refractivity contribution in [3.8, 4) is 5.75 Å². The number of hydrogen-bond acceptors (Lipinski definition) is 2. The van der Waals surface area contributed by atoms with Crippen LogP contribution >= 0.6 is 11.6 Å². The van der Waals surface area contributed by atoms with Gasteiger partial charge in [0.15, 0.2) is 0 Å². The largest absolute Gasteiger partial charge is 0.495 e. The van der Waals surface area contributed by atoms with Crippen molar-refractivity contribution in [1.29, 1.82) is 0 Å². The predicted molar refractivity (Wildman–Crippen MR) is 75.4 cm³/mol. The van der Waals surface area contributed by atoms with E-state index in [0.717, 1.165) is 18.6 Å². The number of benzene rings is 1. The zero-order chi connectivity index (χ0) is 16.5. The Bertz CT molecular complexity index is 578. The molecule has 1 fully saturated rings. The zero-order valence-electron chi connectivity index (χ0n) is 12.0. The normalized spacial score (nSPS) is 18.0. The molecule has 122 valence electrons. The summed E-state index contributed by atoms with van der Waals surface area (Å²) in [5, 5.41) is 9.59. The summed E-state index contributed by atoms with van der Waals surface area (Å²) >= 11 is 5.95. The van der Waals surface area contributed by atoms with Crippen molar-refractivity contribution in [2.45, 2.75) is 43.7 Å². The van der Waals surface area contributed by atoms with Crippen molar-refractivity contribution in [1.82, 2.24) is 0 Å². The van der Waals surface area contributed by atoms with Crippen molar-refractivity contribution in [2.75, 3.05) is 7.11 Å². The number of rotatable bonds is 3. The fourth-order valence-corrected chi connectivity index (χ4v) is 3.33. The van der Waals surface area contributed by atoms with E-state index in [1.54, 1.807) is 0 Å². The monoisotopic (exact) mass is 336 g/mol. The molecule has 0 saturated heterocycles. The molecule has 0 aromatic heterocycles. The average molecular weight is 337 g/mol. The molecule has 1 saturated carbocycles. The summed E-state index contributed by atoms with van der Waals surface area (Å²) in [5.41, 5.74) is -2.80. The molecule has 1 aromatic carbocycles. The fourth-order valence-electron chi connectivity index (χ4n) is 3.09. The highest BCUT2D eigenvalue weighted by Crippen LogP contribution is 2.47. The second-order valence-electron chi connectivity index (χ2n) is 5.48. The van der Waals surface area contributed by atoms with Gasteiger partial charge in [0, 0.05) is 0 Å². The number of carbonyl (C=O) groups is 1. The number of alkyl halides is 3. The second kappa shape index (κ2) is 5.99. The molecular weight excluding hydrogens is 321 g/mol. The Morgan fingerprint density at radius 1 is 1.27 bits per heavy atom. The quantitative estimate of drug-likeness (QED) is 0.873. The van der Waals surface area contributed by atoms with Crippen LogP contribution < -0.4 is 4.74 Å². The Hall–Kier alpha value is -1.43. The lowest BCUT2D eigenvalue weighted by molar-refractivity contribution is -0.147. The van der Waals surface area contributed by atoms with Crippen LogP contribution in [0.2, 0.25) is 5.02 Å². The Morgan fingerprint density at radius 3 is 2.32 bits per heavy atom. The third-order valence-electron chi connectivity index (χ3n) is 4.23. The number of methoxy groups -OCH3 is 1. The minimum atomic E-state index is -4.67. The van der Waals surface area contributed by atoms with E-state index in [4.69, 9.17) is 16.3 Å². The van der Waals surface area contributed by atoms with Gasteiger partial charge in [-0.05, 0) is 30.5 Å². The molecule has 0 aliphatic heterocycles. The molecule has 0 bridgehead atoms. The van der Waals surface area contributed by atoms with Crippen LogP contribution in [0.15, 0.2) is 12.1 Å². The lowest BCUT2D eigenvalue weighted by atomic mass is 9.68. The highest BCUT2D eigenvalue weighted by atomic mass is 35.5. The van der Waals surface area contributed by atoms with Gasteiger partial charge in [-0.25, -0.2) is 0 Å². The third-order valence-corrected chi connectivity index (χ3v) is 4.52. The van der Waals surface area contributed by atoms with Crippen LogP contribution in [0.3, 0.4) is 0 Å². The second-order valence-corrected chi connectivity index (χ2v) is 5.89. The van der Waals surface area contributed by atoms with Crippen LogP contribution in [0.25, 0.3) is 0 Å². The van der Waals surface area contributed by atoms with Gasteiger partial charge < -0.3 is 9.84 Å². The van der Waals surface area contributed by atoms with Crippen LogP contribution in [0.1, 0.15) is 43.2 Å². The molecule has 1 aliphatic rings. The van der Waals surface area contributed by atoms with E-state index in [1.165, 1.54) is 7.11 Å². The summed E-state index contributed by atoms with van der Waals surface area (Å²) in [6.07, 6.45) is -2.35. The molecule has 1 aromatic rings. The van der Waals surface area contributed by atoms with Crippen molar-refractivity contribution in [2.24, 2.45) is 0 Å². The van der Waals surface area contributed by atoms with E-state index in [1.807, 2.05) is 0 Å². The van der Waals surface area contributed by atoms with Crippen molar-refractivity contribution in [3.63, 3.8) is 0 Å². The number of ether oxygens (including phenoxy) is 1. The molecule has 0 unspecified atom stereocenters. The number of carboxylic acid groups (broad SMARTS) is 1. The highest BCUT2D eigenvalue weighted by Gasteiger charge is 2.47. The maximum absolute atomic E-state index is 13.4. The summed E-state index contributed by atoms with van der Waals surface area (Å²) in [4.78, 5) is 11.8. The first-order valence-electron chi connectivity index (χ1n) is 6.91. The molecule has 7 heteroatoms. The smallest absolute Gasteiger partial charge is 0.416 e. The molecule has 2 rings (SSSR count). The molecular formula is C15H16ClF3O3. The molecule has 1 N–H and O–H groups in total. The SMILES string of the molecule is COc1cc(C(F)(F)F)c(C2(C(=O)O)CCCCC2)cc1Cl. The lowest BCUT2D eigenvalue weighted by Gasteiger charge is -2.35. The van der Waals surface area contributed by atoms with Crippen molar-refractivity contribution >= 4 is 17.6 Å². The van der Waals surface area contributed by atoms with E-state index in [9.17, 15) is 23.1 Å². The number of hydrogen-bond donors (Lipinski definition) is 1. The summed E-state index contributed by atoms with van der Waals surface area (Å²) in [5.74, 6) is -1.35. The topological polar surface area (TPSA) is 46.5 Å². The van der Waals surface area contributed by atoms with Gasteiger partial charge in [0.1, 0.15) is 5.75 Å². The van der Waals surface area contributed by atoms with Gasteiger partial charge in [-0.1, -0.05) is 30.9 Å². The van der Waals surface area contributed by atoms with Crippen LogP contribution in [0.4, 0.5) is 13.2 Å². The summed E-state index contributed by atoms with van der Waals surface area (Å²) in [6, 6.07) is 1.89. The van der Waals surface area contributed by atoms with Gasteiger partial charge in [0.2, 0.25) is 0 Å². The summed E-state index contributed by atoms with van der Waals surface area (Å²) in [6.45, 7) is 0. The minimum absolute atomic E-state index is 0.0169. The molecule has 1 aliphatic carbocycles. The Kier molecular flexibility index (Phi) is 4.61. The van der Waals surface area contributed by atoms with E-state index < -0.39 is 23.1 Å². The molecule has 0 atom stereocenters. The fraction of sp³-hybridized carbons (Fsp3) is 0.533. The maximum Gasteiger partial charge on any atom is 0.416 e. The molecule has 0 spiro atoms. The van der Waals surface area contributed by atoms with Crippen LogP contribution in [0, 0.1) is 0 Å². The van der Waals surface area contributed by atoms with E-state index in [-0.39, 0.29) is 29.2 Å². The average Bonchev–Trinajstić information content (AvgIpc) is 2.46. The van der Waals surface area contributed by atoms with E-state index in [2.05, 4.69) is 0 Å². The summed E-state index contributed by atoms with van der Waals surface area (Å²) < 4.78 is 45.0. The lowest BCUT2D eigenvalue weighted by Crippen LogP contribution is -2.39. The standard InChI is InChI=1S/C15H16ClF3O3/c1-22-12-8-10(15(17,18)19)9(7-11(12)16)14(13(20)21)5-3-2-4-6-14/h7-8H,2-6H2,1H3,(H,20,21). The molecule has 0 amide bonds. The molecule has 22 heavy (non-hydrogen) atoms. The Morgan fingerprint density at radius 2 is 1.86 bits per heavy atom. The molecule has 3 nitrogen and oxygen atoms in total. The van der Waals surface area contributed by atoms with Gasteiger partial charge in [-0.2, -0.15) is 13.2 Å². The minimum Gasteiger partial charge on any atom is -0.495 e. The first-order valence-corrected chi connectivity index (χ1v) is 7.29. The number of carboxylic acids is 1. The van der Waals surface area contributed by atoms with Gasteiger partial charge >= 0.3 is 12.1 Å².